The van der Waals surface area contributed by atoms with E-state index in [0.717, 1.165) is 22.3 Å². The van der Waals surface area contributed by atoms with Gasteiger partial charge in [0.2, 0.25) is 5.91 Å². The largest absolute Gasteiger partial charge is 0.480 e. The average Bonchev–Trinajstić information content (AvgIpc) is 3.10. The first kappa shape index (κ1) is 23.3. The van der Waals surface area contributed by atoms with Crippen LogP contribution in [-0.4, -0.2) is 55.5 Å². The summed E-state index contributed by atoms with van der Waals surface area (Å²) in [5.74, 6) is -1.90. The number of carbonyl (C=O) groups is 3. The zero-order valence-corrected chi connectivity index (χ0v) is 18.2. The van der Waals surface area contributed by atoms with Crippen LogP contribution in [0, 0.1) is 0 Å². The molecule has 0 aromatic heterocycles. The van der Waals surface area contributed by atoms with Crippen LogP contribution in [-0.2, 0) is 19.1 Å². The van der Waals surface area contributed by atoms with Crippen LogP contribution < -0.4 is 10.6 Å². The lowest BCUT2D eigenvalue weighted by Gasteiger charge is -2.21. The number of hydrogen-bond acceptors (Lipinski definition) is 5. The number of ether oxygens (including phenoxy) is 2. The minimum absolute atomic E-state index is 0.0929. The quantitative estimate of drug-likeness (QED) is 0.524. The highest BCUT2D eigenvalue weighted by atomic mass is 16.5. The van der Waals surface area contributed by atoms with Crippen LogP contribution in [0.25, 0.3) is 11.1 Å². The van der Waals surface area contributed by atoms with Gasteiger partial charge in [0.15, 0.2) is 6.04 Å². The highest BCUT2D eigenvalue weighted by Gasteiger charge is 2.30. The minimum atomic E-state index is -1.21. The van der Waals surface area contributed by atoms with E-state index < -0.39 is 30.1 Å². The van der Waals surface area contributed by atoms with Crippen LogP contribution in [0.5, 0.6) is 0 Å². The lowest BCUT2D eigenvalue weighted by atomic mass is 9.98. The third-order valence-electron chi connectivity index (χ3n) is 5.48. The molecule has 2 aromatic carbocycles. The summed E-state index contributed by atoms with van der Waals surface area (Å²) in [6.45, 7) is 1.82. The van der Waals surface area contributed by atoms with E-state index in [2.05, 4.69) is 22.8 Å². The number of nitrogens with one attached hydrogen (secondary N) is 2. The topological polar surface area (TPSA) is 114 Å². The minimum Gasteiger partial charge on any atom is -0.480 e. The van der Waals surface area contributed by atoms with Gasteiger partial charge < -0.3 is 25.2 Å². The fourth-order valence-corrected chi connectivity index (χ4v) is 3.95. The second-order valence-electron chi connectivity index (χ2n) is 7.67. The Bertz CT molecular complexity index is 931. The number of hydrogen-bond donors (Lipinski definition) is 3. The molecule has 0 bridgehead atoms. The molecule has 0 saturated carbocycles. The molecular formula is C24H28N2O6. The Morgan fingerprint density at radius 2 is 1.56 bits per heavy atom. The first-order valence-corrected chi connectivity index (χ1v) is 10.6. The molecule has 170 valence electrons. The molecule has 0 heterocycles. The fraction of sp³-hybridized carbons (Fsp3) is 0.375. The lowest BCUT2D eigenvalue weighted by molar-refractivity contribution is -0.143. The normalized spacial score (nSPS) is 14.1. The Morgan fingerprint density at radius 1 is 0.969 bits per heavy atom. The predicted octanol–water partition coefficient (Wildman–Crippen LogP) is 2.91. The van der Waals surface area contributed by atoms with Crippen molar-refractivity contribution in [2.75, 3.05) is 20.3 Å². The van der Waals surface area contributed by atoms with E-state index in [4.69, 9.17) is 9.47 Å². The summed E-state index contributed by atoms with van der Waals surface area (Å²) in [5.41, 5.74) is 4.43. The zero-order valence-electron chi connectivity index (χ0n) is 18.2. The molecule has 0 fully saturated rings. The van der Waals surface area contributed by atoms with E-state index in [-0.39, 0.29) is 19.1 Å². The molecule has 0 saturated heterocycles. The number of benzene rings is 2. The van der Waals surface area contributed by atoms with Gasteiger partial charge in [0.25, 0.3) is 0 Å². The van der Waals surface area contributed by atoms with E-state index in [1.165, 1.54) is 7.11 Å². The molecule has 0 radical (unpaired) electrons. The molecule has 0 spiro atoms. The van der Waals surface area contributed by atoms with Crippen LogP contribution in [0.3, 0.4) is 0 Å². The van der Waals surface area contributed by atoms with Crippen molar-refractivity contribution in [1.29, 1.82) is 0 Å². The maximum atomic E-state index is 12.5. The van der Waals surface area contributed by atoms with Crippen LogP contribution in [0.4, 0.5) is 4.79 Å². The second-order valence-corrected chi connectivity index (χ2v) is 7.67. The number of carboxylic acids is 1. The van der Waals surface area contributed by atoms with Crippen molar-refractivity contribution in [2.24, 2.45) is 0 Å². The molecule has 0 aliphatic heterocycles. The van der Waals surface area contributed by atoms with E-state index >= 15 is 0 Å². The zero-order chi connectivity index (χ0) is 23.1. The molecule has 1 aliphatic rings. The summed E-state index contributed by atoms with van der Waals surface area (Å²) < 4.78 is 10.3. The Kier molecular flexibility index (Phi) is 7.83. The number of carboxylic acid groups (broad SMARTS) is 1. The van der Waals surface area contributed by atoms with Crippen molar-refractivity contribution in [3.8, 4) is 11.1 Å². The van der Waals surface area contributed by atoms with Crippen molar-refractivity contribution >= 4 is 18.0 Å². The molecule has 1 unspecified atom stereocenters. The Hall–Kier alpha value is -3.39. The maximum Gasteiger partial charge on any atom is 0.407 e. The van der Waals surface area contributed by atoms with Crippen molar-refractivity contribution < 1.29 is 29.0 Å². The monoisotopic (exact) mass is 440 g/mol. The van der Waals surface area contributed by atoms with E-state index in [9.17, 15) is 19.5 Å². The highest BCUT2D eigenvalue weighted by molar-refractivity contribution is 5.89. The molecular weight excluding hydrogens is 412 g/mol. The summed E-state index contributed by atoms with van der Waals surface area (Å²) in [7, 11) is 1.35. The fourth-order valence-electron chi connectivity index (χ4n) is 3.95. The van der Waals surface area contributed by atoms with Gasteiger partial charge in [-0.3, -0.25) is 4.79 Å². The van der Waals surface area contributed by atoms with Crippen LogP contribution in [0.1, 0.15) is 36.8 Å². The summed E-state index contributed by atoms with van der Waals surface area (Å²) >= 11 is 0. The molecule has 1 aliphatic carbocycles. The summed E-state index contributed by atoms with van der Waals surface area (Å²) in [6.07, 6.45) is 0.234. The lowest BCUT2D eigenvalue weighted by Crippen LogP contribution is -2.53. The molecule has 2 atom stereocenters. The smallest absolute Gasteiger partial charge is 0.407 e. The number of methoxy groups -OCH3 is 1. The average molecular weight is 440 g/mol. The highest BCUT2D eigenvalue weighted by Crippen LogP contribution is 2.44. The number of fused-ring (bicyclic) bond motifs is 3. The Balaban J connectivity index is 1.64. The van der Waals surface area contributed by atoms with Gasteiger partial charge in [0.1, 0.15) is 12.6 Å². The molecule has 3 rings (SSSR count). The number of carbonyl (C=O) groups excluding carboxylic acids is 2. The predicted molar refractivity (Wildman–Crippen MR) is 118 cm³/mol. The van der Waals surface area contributed by atoms with E-state index in [0.29, 0.717) is 12.8 Å². The van der Waals surface area contributed by atoms with Crippen molar-refractivity contribution in [3.63, 3.8) is 0 Å². The molecule has 8 nitrogen and oxygen atoms in total. The van der Waals surface area contributed by atoms with Gasteiger partial charge in [-0.25, -0.2) is 9.59 Å². The van der Waals surface area contributed by atoms with Gasteiger partial charge in [-0.1, -0.05) is 61.9 Å². The third kappa shape index (κ3) is 5.26. The SMILES string of the molecule is CCCC(NC(=O)OCC1c2ccccc2-c2ccccc21)C(=O)N[C@@H](COC)C(=O)O. The summed E-state index contributed by atoms with van der Waals surface area (Å²) in [6, 6.07) is 13.9. The first-order valence-electron chi connectivity index (χ1n) is 10.6. The van der Waals surface area contributed by atoms with Gasteiger partial charge in [0.05, 0.1) is 6.61 Å². The standard InChI is InChI=1S/C24H28N2O6/c1-3-8-20(22(27)25-21(14-31-2)23(28)29)26-24(30)32-13-19-17-11-6-4-9-15(17)16-10-5-7-12-18(16)19/h4-7,9-12,19-21H,3,8,13-14H2,1-2H3,(H,25,27)(H,26,30)(H,28,29)/t20?,21-/m0/s1. The first-order chi connectivity index (χ1) is 15.5. The van der Waals surface area contributed by atoms with Gasteiger partial charge >= 0.3 is 12.1 Å². The molecule has 3 N–H and O–H groups in total. The molecule has 2 aromatic rings. The maximum absolute atomic E-state index is 12.5. The van der Waals surface area contributed by atoms with Gasteiger partial charge in [-0.2, -0.15) is 0 Å². The second kappa shape index (κ2) is 10.8. The van der Waals surface area contributed by atoms with Crippen molar-refractivity contribution in [2.45, 2.75) is 37.8 Å². The third-order valence-corrected chi connectivity index (χ3v) is 5.48. The van der Waals surface area contributed by atoms with Crippen LogP contribution in [0.15, 0.2) is 48.5 Å². The molecule has 32 heavy (non-hydrogen) atoms. The van der Waals surface area contributed by atoms with Gasteiger partial charge in [-0.15, -0.1) is 0 Å². The van der Waals surface area contributed by atoms with E-state index in [1.54, 1.807) is 0 Å². The van der Waals surface area contributed by atoms with Gasteiger partial charge in [-0.05, 0) is 28.7 Å². The van der Waals surface area contributed by atoms with E-state index in [1.807, 2.05) is 43.3 Å². The number of alkyl carbamates (subject to hydrolysis) is 1. The van der Waals surface area contributed by atoms with Gasteiger partial charge in [0, 0.05) is 13.0 Å². The van der Waals surface area contributed by atoms with Crippen LogP contribution in [0.2, 0.25) is 0 Å². The molecule has 2 amide bonds. The summed E-state index contributed by atoms with van der Waals surface area (Å²) in [4.78, 5) is 36.3. The summed E-state index contributed by atoms with van der Waals surface area (Å²) in [5, 5.41) is 14.2. The number of rotatable bonds is 10. The van der Waals surface area contributed by atoms with Crippen molar-refractivity contribution in [1.82, 2.24) is 10.6 Å². The molecule has 8 heteroatoms. The Labute approximate surface area is 186 Å². The Morgan fingerprint density at radius 3 is 2.09 bits per heavy atom. The number of amides is 2. The number of aliphatic carboxylic acids is 1. The van der Waals surface area contributed by atoms with Crippen molar-refractivity contribution in [3.05, 3.63) is 59.7 Å². The van der Waals surface area contributed by atoms with Crippen LogP contribution >= 0.6 is 0 Å².